The molecule has 2 nitrogen and oxygen atoms in total. The van der Waals surface area contributed by atoms with E-state index in [1.54, 1.807) is 24.3 Å². The number of carbonyl (C=O) groups is 1. The van der Waals surface area contributed by atoms with Crippen LogP contribution in [-0.4, -0.2) is 5.91 Å². The zero-order valence-corrected chi connectivity index (χ0v) is 10.9. The number of aryl methyl sites for hydroxylation is 1. The fourth-order valence-corrected chi connectivity index (χ4v) is 1.91. The highest BCUT2D eigenvalue weighted by Crippen LogP contribution is 2.11. The summed E-state index contributed by atoms with van der Waals surface area (Å²) in [5, 5.41) is 3.45. The highest BCUT2D eigenvalue weighted by atomic mass is 35.5. The topological polar surface area (TPSA) is 29.1 Å². The standard InChI is InChI=1S/C15H14ClNO/c1-11-5-2-3-6-13(11)10-17-15(18)12-7-4-8-14(16)9-12/h2-9H,10H2,1H3,(H,17,18). The van der Waals surface area contributed by atoms with E-state index in [1.807, 2.05) is 31.2 Å². The molecule has 0 fully saturated rings. The zero-order chi connectivity index (χ0) is 13.0. The first kappa shape index (κ1) is 12.7. The third-order valence-corrected chi connectivity index (χ3v) is 3.02. The Balaban J connectivity index is 2.03. The number of benzene rings is 2. The second kappa shape index (κ2) is 5.69. The number of halogens is 1. The number of rotatable bonds is 3. The van der Waals surface area contributed by atoms with E-state index in [0.717, 1.165) is 5.56 Å². The van der Waals surface area contributed by atoms with E-state index in [0.29, 0.717) is 17.1 Å². The van der Waals surface area contributed by atoms with E-state index in [-0.39, 0.29) is 5.91 Å². The van der Waals surface area contributed by atoms with Crippen LogP contribution in [0.1, 0.15) is 21.5 Å². The van der Waals surface area contributed by atoms with Crippen molar-refractivity contribution in [1.82, 2.24) is 5.32 Å². The van der Waals surface area contributed by atoms with Gasteiger partial charge in [0.1, 0.15) is 0 Å². The van der Waals surface area contributed by atoms with Crippen molar-refractivity contribution in [2.75, 3.05) is 0 Å². The molecule has 0 saturated heterocycles. The molecule has 2 aromatic rings. The largest absolute Gasteiger partial charge is 0.348 e. The van der Waals surface area contributed by atoms with E-state index in [2.05, 4.69) is 5.32 Å². The van der Waals surface area contributed by atoms with Gasteiger partial charge in [-0.15, -0.1) is 0 Å². The molecule has 2 aromatic carbocycles. The monoisotopic (exact) mass is 259 g/mol. The van der Waals surface area contributed by atoms with Gasteiger partial charge in [0.25, 0.3) is 5.91 Å². The molecular weight excluding hydrogens is 246 g/mol. The number of amides is 1. The van der Waals surface area contributed by atoms with Gasteiger partial charge in [-0.2, -0.15) is 0 Å². The molecule has 3 heteroatoms. The molecule has 18 heavy (non-hydrogen) atoms. The van der Waals surface area contributed by atoms with Gasteiger partial charge in [-0.1, -0.05) is 41.9 Å². The van der Waals surface area contributed by atoms with Gasteiger partial charge in [-0.3, -0.25) is 4.79 Å². The van der Waals surface area contributed by atoms with Crippen LogP contribution in [0.3, 0.4) is 0 Å². The van der Waals surface area contributed by atoms with Crippen molar-refractivity contribution in [3.05, 3.63) is 70.2 Å². The second-order valence-electron chi connectivity index (χ2n) is 4.12. The molecule has 1 amide bonds. The minimum atomic E-state index is -0.110. The van der Waals surface area contributed by atoms with Crippen LogP contribution in [-0.2, 0) is 6.54 Å². The van der Waals surface area contributed by atoms with Gasteiger partial charge in [0, 0.05) is 17.1 Å². The molecule has 0 bridgehead atoms. The molecular formula is C15H14ClNO. The molecule has 0 aliphatic rings. The fraction of sp³-hybridized carbons (Fsp3) is 0.133. The smallest absolute Gasteiger partial charge is 0.251 e. The molecule has 0 aliphatic heterocycles. The van der Waals surface area contributed by atoms with Gasteiger partial charge in [-0.05, 0) is 36.2 Å². The molecule has 0 unspecified atom stereocenters. The quantitative estimate of drug-likeness (QED) is 0.897. The lowest BCUT2D eigenvalue weighted by molar-refractivity contribution is 0.0951. The van der Waals surface area contributed by atoms with Crippen molar-refractivity contribution in [2.45, 2.75) is 13.5 Å². The molecule has 0 radical (unpaired) electrons. The van der Waals surface area contributed by atoms with Gasteiger partial charge >= 0.3 is 0 Å². The lowest BCUT2D eigenvalue weighted by Crippen LogP contribution is -2.23. The van der Waals surface area contributed by atoms with Gasteiger partial charge in [0.05, 0.1) is 0 Å². The van der Waals surface area contributed by atoms with E-state index < -0.39 is 0 Å². The number of nitrogens with one attached hydrogen (secondary N) is 1. The molecule has 0 spiro atoms. The highest BCUT2D eigenvalue weighted by Gasteiger charge is 2.06. The minimum Gasteiger partial charge on any atom is -0.348 e. The van der Waals surface area contributed by atoms with Crippen molar-refractivity contribution >= 4 is 17.5 Å². The first-order chi connectivity index (χ1) is 8.66. The zero-order valence-electron chi connectivity index (χ0n) is 10.1. The van der Waals surface area contributed by atoms with Gasteiger partial charge in [0.2, 0.25) is 0 Å². The van der Waals surface area contributed by atoms with Crippen LogP contribution < -0.4 is 5.32 Å². The summed E-state index contributed by atoms with van der Waals surface area (Å²) in [5.41, 5.74) is 2.87. The van der Waals surface area contributed by atoms with Gasteiger partial charge in [0.15, 0.2) is 0 Å². The lowest BCUT2D eigenvalue weighted by atomic mass is 10.1. The maximum Gasteiger partial charge on any atom is 0.251 e. The summed E-state index contributed by atoms with van der Waals surface area (Å²) >= 11 is 5.85. The van der Waals surface area contributed by atoms with E-state index in [9.17, 15) is 4.79 Å². The Morgan fingerprint density at radius 3 is 2.67 bits per heavy atom. The summed E-state index contributed by atoms with van der Waals surface area (Å²) in [6, 6.07) is 14.9. The van der Waals surface area contributed by atoms with Crippen molar-refractivity contribution in [3.8, 4) is 0 Å². The predicted molar refractivity (Wildman–Crippen MR) is 73.8 cm³/mol. The van der Waals surface area contributed by atoms with Crippen molar-refractivity contribution in [3.63, 3.8) is 0 Å². The summed E-state index contributed by atoms with van der Waals surface area (Å²) in [7, 11) is 0. The first-order valence-corrected chi connectivity index (χ1v) is 6.13. The Kier molecular flexibility index (Phi) is 4.00. The molecule has 0 aliphatic carbocycles. The number of carbonyl (C=O) groups excluding carboxylic acids is 1. The summed E-state index contributed by atoms with van der Waals surface area (Å²) in [6.45, 7) is 2.55. The Morgan fingerprint density at radius 2 is 1.94 bits per heavy atom. The number of hydrogen-bond acceptors (Lipinski definition) is 1. The van der Waals surface area contributed by atoms with E-state index in [1.165, 1.54) is 5.56 Å². The molecule has 0 aromatic heterocycles. The van der Waals surface area contributed by atoms with Crippen LogP contribution in [0.4, 0.5) is 0 Å². The van der Waals surface area contributed by atoms with Crippen LogP contribution in [0.2, 0.25) is 5.02 Å². The summed E-state index contributed by atoms with van der Waals surface area (Å²) in [4.78, 5) is 11.9. The summed E-state index contributed by atoms with van der Waals surface area (Å²) in [5.74, 6) is -0.110. The second-order valence-corrected chi connectivity index (χ2v) is 4.56. The Labute approximate surface area is 112 Å². The third kappa shape index (κ3) is 3.11. The molecule has 1 N–H and O–H groups in total. The fourth-order valence-electron chi connectivity index (χ4n) is 1.72. The van der Waals surface area contributed by atoms with Crippen molar-refractivity contribution in [1.29, 1.82) is 0 Å². The summed E-state index contributed by atoms with van der Waals surface area (Å²) in [6.07, 6.45) is 0. The molecule has 92 valence electrons. The van der Waals surface area contributed by atoms with E-state index >= 15 is 0 Å². The van der Waals surface area contributed by atoms with Crippen LogP contribution in [0.5, 0.6) is 0 Å². The minimum absolute atomic E-state index is 0.110. The maximum atomic E-state index is 11.9. The number of hydrogen-bond donors (Lipinski definition) is 1. The van der Waals surface area contributed by atoms with Crippen LogP contribution in [0, 0.1) is 6.92 Å². The van der Waals surface area contributed by atoms with Crippen molar-refractivity contribution in [2.24, 2.45) is 0 Å². The van der Waals surface area contributed by atoms with Gasteiger partial charge in [-0.25, -0.2) is 0 Å². The SMILES string of the molecule is Cc1ccccc1CNC(=O)c1cccc(Cl)c1. The molecule has 0 atom stereocenters. The molecule has 2 rings (SSSR count). The van der Waals surface area contributed by atoms with Crippen LogP contribution in [0.25, 0.3) is 0 Å². The summed E-state index contributed by atoms with van der Waals surface area (Å²) < 4.78 is 0. The average molecular weight is 260 g/mol. The van der Waals surface area contributed by atoms with Crippen LogP contribution in [0.15, 0.2) is 48.5 Å². The first-order valence-electron chi connectivity index (χ1n) is 5.75. The molecule has 0 saturated carbocycles. The Morgan fingerprint density at radius 1 is 1.17 bits per heavy atom. The Hall–Kier alpha value is -1.80. The van der Waals surface area contributed by atoms with Gasteiger partial charge < -0.3 is 5.32 Å². The molecule has 0 heterocycles. The normalized spacial score (nSPS) is 10.1. The third-order valence-electron chi connectivity index (χ3n) is 2.79. The predicted octanol–water partition coefficient (Wildman–Crippen LogP) is 3.58. The van der Waals surface area contributed by atoms with Crippen molar-refractivity contribution < 1.29 is 4.79 Å². The maximum absolute atomic E-state index is 11.9. The van der Waals surface area contributed by atoms with Crippen LogP contribution >= 0.6 is 11.6 Å². The lowest BCUT2D eigenvalue weighted by Gasteiger charge is -2.08. The highest BCUT2D eigenvalue weighted by molar-refractivity contribution is 6.30. The Bertz CT molecular complexity index is 566. The van der Waals surface area contributed by atoms with E-state index in [4.69, 9.17) is 11.6 Å². The average Bonchev–Trinajstić information content (AvgIpc) is 2.37.